The van der Waals surface area contributed by atoms with Gasteiger partial charge in [0, 0.05) is 30.7 Å². The molecule has 0 radical (unpaired) electrons. The number of nitrogens with zero attached hydrogens (tertiary/aromatic N) is 4. The summed E-state index contributed by atoms with van der Waals surface area (Å²) in [5.74, 6) is -0.209. The van der Waals surface area contributed by atoms with Crippen molar-refractivity contribution in [3.63, 3.8) is 0 Å². The predicted octanol–water partition coefficient (Wildman–Crippen LogP) is 2.43. The summed E-state index contributed by atoms with van der Waals surface area (Å²) in [7, 11) is 0. The fraction of sp³-hybridized carbons (Fsp3) is 0.250. The third-order valence-corrected chi connectivity index (χ3v) is 4.61. The molecule has 0 bridgehead atoms. The molecule has 0 aliphatic carbocycles. The van der Waals surface area contributed by atoms with E-state index in [1.807, 2.05) is 53.2 Å². The van der Waals surface area contributed by atoms with Gasteiger partial charge in [0.2, 0.25) is 0 Å². The number of aryl methyl sites for hydroxylation is 1. The number of nitrogens with one attached hydrogen (secondary N) is 1. The minimum absolute atomic E-state index is 0.0799. The lowest BCUT2D eigenvalue weighted by Crippen LogP contribution is -2.22. The first-order chi connectivity index (χ1) is 13.2. The van der Waals surface area contributed by atoms with E-state index < -0.39 is 0 Å². The highest BCUT2D eigenvalue weighted by Crippen LogP contribution is 2.22. The van der Waals surface area contributed by atoms with E-state index in [0.717, 1.165) is 36.6 Å². The molecule has 4 rings (SSSR count). The molecule has 0 atom stereocenters. The van der Waals surface area contributed by atoms with E-state index in [0.29, 0.717) is 17.9 Å². The summed E-state index contributed by atoms with van der Waals surface area (Å²) in [5, 5.41) is 16.7. The Labute approximate surface area is 157 Å². The normalized spacial score (nSPS) is 13.7. The minimum Gasteiger partial charge on any atom is -0.390 e. The van der Waals surface area contributed by atoms with Crippen LogP contribution in [0.15, 0.2) is 54.7 Å². The highest BCUT2D eigenvalue weighted by Gasteiger charge is 2.20. The summed E-state index contributed by atoms with van der Waals surface area (Å²) in [5.41, 5.74) is 3.82. The molecule has 2 aromatic heterocycles. The van der Waals surface area contributed by atoms with Crippen LogP contribution in [0.25, 0.3) is 0 Å². The number of para-hydroxylation sites is 1. The number of carbonyl (C=O) groups excluding carboxylic acids is 1. The van der Waals surface area contributed by atoms with Gasteiger partial charge >= 0.3 is 0 Å². The van der Waals surface area contributed by atoms with Crippen molar-refractivity contribution in [2.75, 3.05) is 16.8 Å². The molecular weight excluding hydrogens is 342 g/mol. The largest absolute Gasteiger partial charge is 0.390 e. The van der Waals surface area contributed by atoms with Crippen LogP contribution >= 0.6 is 0 Å². The van der Waals surface area contributed by atoms with E-state index >= 15 is 0 Å². The molecule has 3 aromatic rings. The number of fused-ring (bicyclic) bond motifs is 1. The lowest BCUT2D eigenvalue weighted by atomic mass is 10.2. The van der Waals surface area contributed by atoms with Gasteiger partial charge in [-0.05, 0) is 36.8 Å². The Bertz CT molecular complexity index is 939. The molecule has 0 spiro atoms. The van der Waals surface area contributed by atoms with Gasteiger partial charge in [0.1, 0.15) is 0 Å². The molecule has 1 aliphatic rings. The minimum atomic E-state index is -0.209. The highest BCUT2D eigenvalue weighted by molar-refractivity contribution is 6.02. The fourth-order valence-corrected chi connectivity index (χ4v) is 3.26. The monoisotopic (exact) mass is 363 g/mol. The van der Waals surface area contributed by atoms with Crippen LogP contribution in [0.1, 0.15) is 28.3 Å². The van der Waals surface area contributed by atoms with Gasteiger partial charge in [-0.3, -0.25) is 14.5 Å². The Hall–Kier alpha value is -3.19. The number of pyridine rings is 1. The van der Waals surface area contributed by atoms with Crippen molar-refractivity contribution in [3.8, 4) is 0 Å². The zero-order chi connectivity index (χ0) is 18.6. The summed E-state index contributed by atoms with van der Waals surface area (Å²) < 4.78 is 1.91. The van der Waals surface area contributed by atoms with Crippen LogP contribution in [0.4, 0.5) is 11.4 Å². The summed E-state index contributed by atoms with van der Waals surface area (Å²) in [4.78, 5) is 18.9. The second kappa shape index (κ2) is 7.59. The molecule has 0 unspecified atom stereocenters. The summed E-state index contributed by atoms with van der Waals surface area (Å²) >= 11 is 0. The molecule has 0 saturated heterocycles. The van der Waals surface area contributed by atoms with Crippen LogP contribution in [0.2, 0.25) is 0 Å². The quantitative estimate of drug-likeness (QED) is 0.744. The van der Waals surface area contributed by atoms with Crippen LogP contribution in [0.3, 0.4) is 0 Å². The standard InChI is InChI=1S/C20H21N5O2/c26-14-16-11-17(7-8-21-16)24-9-4-10-25-18(13-24)12-19(23-25)20(27)22-15-5-2-1-3-6-15/h1-3,5-8,11-12,26H,4,9-10,13-14H2,(H,22,27). The number of aliphatic hydroxyl groups excluding tert-OH is 1. The van der Waals surface area contributed by atoms with Crippen LogP contribution in [-0.2, 0) is 19.7 Å². The van der Waals surface area contributed by atoms with Crippen molar-refractivity contribution in [2.24, 2.45) is 0 Å². The molecule has 2 N–H and O–H groups in total. The van der Waals surface area contributed by atoms with E-state index in [4.69, 9.17) is 0 Å². The van der Waals surface area contributed by atoms with Gasteiger partial charge < -0.3 is 15.3 Å². The van der Waals surface area contributed by atoms with Crippen LogP contribution in [0, 0.1) is 0 Å². The Morgan fingerprint density at radius 3 is 2.81 bits per heavy atom. The highest BCUT2D eigenvalue weighted by atomic mass is 16.3. The van der Waals surface area contributed by atoms with Gasteiger partial charge in [-0.25, -0.2) is 0 Å². The molecule has 0 saturated carbocycles. The Morgan fingerprint density at radius 1 is 1.15 bits per heavy atom. The lowest BCUT2D eigenvalue weighted by Gasteiger charge is -2.22. The van der Waals surface area contributed by atoms with E-state index in [2.05, 4.69) is 20.3 Å². The van der Waals surface area contributed by atoms with E-state index in [-0.39, 0.29) is 12.5 Å². The number of hydrogen-bond donors (Lipinski definition) is 2. The van der Waals surface area contributed by atoms with Gasteiger partial charge in [-0.1, -0.05) is 18.2 Å². The number of aromatic nitrogens is 3. The van der Waals surface area contributed by atoms with E-state index in [1.54, 1.807) is 6.20 Å². The van der Waals surface area contributed by atoms with Gasteiger partial charge in [0.15, 0.2) is 5.69 Å². The average Bonchev–Trinajstić information content (AvgIpc) is 3.00. The Balaban J connectivity index is 1.54. The maximum Gasteiger partial charge on any atom is 0.276 e. The number of benzene rings is 1. The van der Waals surface area contributed by atoms with Crippen LogP contribution in [-0.4, -0.2) is 32.3 Å². The molecule has 1 aromatic carbocycles. The van der Waals surface area contributed by atoms with Gasteiger partial charge in [-0.2, -0.15) is 5.10 Å². The predicted molar refractivity (Wildman–Crippen MR) is 102 cm³/mol. The number of anilines is 2. The summed E-state index contributed by atoms with van der Waals surface area (Å²) in [6.07, 6.45) is 2.63. The maximum atomic E-state index is 12.5. The SMILES string of the molecule is O=C(Nc1ccccc1)c1cc2n(n1)CCCN(c1ccnc(CO)c1)C2. The molecule has 0 fully saturated rings. The summed E-state index contributed by atoms with van der Waals surface area (Å²) in [6, 6.07) is 15.1. The van der Waals surface area contributed by atoms with Crippen molar-refractivity contribution in [1.82, 2.24) is 14.8 Å². The van der Waals surface area contributed by atoms with Crippen molar-refractivity contribution in [3.05, 3.63) is 71.8 Å². The number of amides is 1. The smallest absolute Gasteiger partial charge is 0.276 e. The summed E-state index contributed by atoms with van der Waals surface area (Å²) in [6.45, 7) is 2.22. The van der Waals surface area contributed by atoms with E-state index in [9.17, 15) is 9.90 Å². The Morgan fingerprint density at radius 2 is 2.00 bits per heavy atom. The third-order valence-electron chi connectivity index (χ3n) is 4.61. The van der Waals surface area contributed by atoms with Gasteiger partial charge in [0.05, 0.1) is 24.5 Å². The lowest BCUT2D eigenvalue weighted by molar-refractivity contribution is 0.102. The van der Waals surface area contributed by atoms with Crippen molar-refractivity contribution >= 4 is 17.3 Å². The molecular formula is C20H21N5O2. The first-order valence-electron chi connectivity index (χ1n) is 8.97. The molecule has 138 valence electrons. The first-order valence-corrected chi connectivity index (χ1v) is 8.97. The topological polar surface area (TPSA) is 83.3 Å². The Kier molecular flexibility index (Phi) is 4.84. The molecule has 7 nitrogen and oxygen atoms in total. The number of hydrogen-bond acceptors (Lipinski definition) is 5. The van der Waals surface area contributed by atoms with Crippen LogP contribution in [0.5, 0.6) is 0 Å². The second-order valence-electron chi connectivity index (χ2n) is 6.50. The molecule has 3 heterocycles. The maximum absolute atomic E-state index is 12.5. The average molecular weight is 363 g/mol. The van der Waals surface area contributed by atoms with Gasteiger partial charge in [-0.15, -0.1) is 0 Å². The number of aliphatic hydroxyl groups is 1. The third kappa shape index (κ3) is 3.83. The molecule has 1 amide bonds. The second-order valence-corrected chi connectivity index (χ2v) is 6.50. The first kappa shape index (κ1) is 17.2. The van der Waals surface area contributed by atoms with E-state index in [1.165, 1.54) is 0 Å². The van der Waals surface area contributed by atoms with Crippen LogP contribution < -0.4 is 10.2 Å². The zero-order valence-corrected chi connectivity index (χ0v) is 14.9. The zero-order valence-electron chi connectivity index (χ0n) is 14.9. The molecule has 7 heteroatoms. The molecule has 27 heavy (non-hydrogen) atoms. The van der Waals surface area contributed by atoms with Crippen molar-refractivity contribution < 1.29 is 9.90 Å². The molecule has 1 aliphatic heterocycles. The van der Waals surface area contributed by atoms with Crippen molar-refractivity contribution in [2.45, 2.75) is 26.1 Å². The van der Waals surface area contributed by atoms with Crippen molar-refractivity contribution in [1.29, 1.82) is 0 Å². The fourth-order valence-electron chi connectivity index (χ4n) is 3.26. The van der Waals surface area contributed by atoms with Gasteiger partial charge in [0.25, 0.3) is 5.91 Å². The number of carbonyl (C=O) groups is 1. The number of rotatable bonds is 4.